The Hall–Kier alpha value is -2.70. The standard InChI is InChI=1S/C16H19N5O2/c1-20(2)14-9-17-10-15(19-14)23-12-6-8-21(11-12)16(22)13-5-3-4-7-18-13/h3-5,7,9-10,12H,6,8,11H2,1-2H3. The minimum absolute atomic E-state index is 0.0650. The summed E-state index contributed by atoms with van der Waals surface area (Å²) in [5.74, 6) is 1.15. The van der Waals surface area contributed by atoms with Crippen molar-refractivity contribution < 1.29 is 9.53 Å². The second-order valence-corrected chi connectivity index (χ2v) is 5.60. The molecule has 1 unspecified atom stereocenters. The molecule has 0 aromatic carbocycles. The summed E-state index contributed by atoms with van der Waals surface area (Å²) in [5, 5.41) is 0. The van der Waals surface area contributed by atoms with E-state index < -0.39 is 0 Å². The maximum atomic E-state index is 12.4. The summed E-state index contributed by atoms with van der Waals surface area (Å²) in [7, 11) is 3.80. The first-order chi connectivity index (χ1) is 11.1. The number of amides is 1. The van der Waals surface area contributed by atoms with Gasteiger partial charge in [-0.3, -0.25) is 14.8 Å². The highest BCUT2D eigenvalue weighted by Crippen LogP contribution is 2.19. The van der Waals surface area contributed by atoms with Gasteiger partial charge in [-0.2, -0.15) is 4.98 Å². The maximum absolute atomic E-state index is 12.4. The van der Waals surface area contributed by atoms with Crippen LogP contribution in [0.5, 0.6) is 5.88 Å². The van der Waals surface area contributed by atoms with Gasteiger partial charge in [0.2, 0.25) is 5.88 Å². The van der Waals surface area contributed by atoms with E-state index in [4.69, 9.17) is 4.74 Å². The fourth-order valence-corrected chi connectivity index (χ4v) is 2.44. The molecule has 1 fully saturated rings. The van der Waals surface area contributed by atoms with Crippen molar-refractivity contribution in [3.8, 4) is 5.88 Å². The molecule has 1 amide bonds. The third-order valence-electron chi connectivity index (χ3n) is 3.66. The molecule has 23 heavy (non-hydrogen) atoms. The number of anilines is 1. The van der Waals surface area contributed by atoms with E-state index in [1.807, 2.05) is 25.1 Å². The molecule has 3 heterocycles. The number of pyridine rings is 1. The van der Waals surface area contributed by atoms with E-state index in [0.717, 1.165) is 12.2 Å². The first kappa shape index (κ1) is 15.2. The number of carbonyl (C=O) groups excluding carboxylic acids is 1. The molecule has 3 rings (SSSR count). The average Bonchev–Trinajstić information content (AvgIpc) is 3.03. The minimum atomic E-state index is -0.0747. The van der Waals surface area contributed by atoms with Crippen molar-refractivity contribution in [3.63, 3.8) is 0 Å². The Morgan fingerprint density at radius 2 is 2.22 bits per heavy atom. The van der Waals surface area contributed by atoms with Crippen molar-refractivity contribution in [2.75, 3.05) is 32.1 Å². The van der Waals surface area contributed by atoms with Crippen LogP contribution >= 0.6 is 0 Å². The summed E-state index contributed by atoms with van der Waals surface area (Å²) >= 11 is 0. The zero-order valence-electron chi connectivity index (χ0n) is 13.2. The van der Waals surface area contributed by atoms with Gasteiger partial charge in [0.05, 0.1) is 18.9 Å². The molecule has 2 aromatic heterocycles. The van der Waals surface area contributed by atoms with E-state index >= 15 is 0 Å². The molecular weight excluding hydrogens is 294 g/mol. The number of rotatable bonds is 4. The molecule has 1 aliphatic rings. The number of hydrogen-bond donors (Lipinski definition) is 0. The second-order valence-electron chi connectivity index (χ2n) is 5.60. The van der Waals surface area contributed by atoms with Crippen LogP contribution < -0.4 is 9.64 Å². The maximum Gasteiger partial charge on any atom is 0.272 e. The SMILES string of the molecule is CN(C)c1cncc(OC2CCN(C(=O)c3ccccn3)C2)n1. The molecule has 7 heteroatoms. The third-order valence-corrected chi connectivity index (χ3v) is 3.66. The fourth-order valence-electron chi connectivity index (χ4n) is 2.44. The van der Waals surface area contributed by atoms with Crippen molar-refractivity contribution in [1.82, 2.24) is 19.9 Å². The lowest BCUT2D eigenvalue weighted by atomic mass is 10.3. The van der Waals surface area contributed by atoms with Gasteiger partial charge in [0.1, 0.15) is 11.8 Å². The summed E-state index contributed by atoms with van der Waals surface area (Å²) in [6, 6.07) is 5.33. The topological polar surface area (TPSA) is 71.5 Å². The Bertz CT molecular complexity index is 677. The smallest absolute Gasteiger partial charge is 0.272 e. The lowest BCUT2D eigenvalue weighted by molar-refractivity contribution is 0.0765. The van der Waals surface area contributed by atoms with Gasteiger partial charge in [-0.1, -0.05) is 6.07 Å². The highest BCUT2D eigenvalue weighted by atomic mass is 16.5. The molecule has 0 spiro atoms. The molecule has 7 nitrogen and oxygen atoms in total. The molecule has 2 aromatic rings. The van der Waals surface area contributed by atoms with Crippen LogP contribution in [0.4, 0.5) is 5.82 Å². The first-order valence-corrected chi connectivity index (χ1v) is 7.50. The van der Waals surface area contributed by atoms with Crippen molar-refractivity contribution in [3.05, 3.63) is 42.5 Å². The van der Waals surface area contributed by atoms with E-state index in [1.54, 1.807) is 35.6 Å². The molecule has 0 aliphatic carbocycles. The van der Waals surface area contributed by atoms with Crippen LogP contribution in [0.25, 0.3) is 0 Å². The lowest BCUT2D eigenvalue weighted by Gasteiger charge is -2.17. The Labute approximate surface area is 134 Å². The lowest BCUT2D eigenvalue weighted by Crippen LogP contribution is -2.31. The van der Waals surface area contributed by atoms with E-state index in [-0.39, 0.29) is 12.0 Å². The van der Waals surface area contributed by atoms with Gasteiger partial charge < -0.3 is 14.5 Å². The van der Waals surface area contributed by atoms with Gasteiger partial charge in [0.15, 0.2) is 5.82 Å². The van der Waals surface area contributed by atoms with Gasteiger partial charge in [0.25, 0.3) is 5.91 Å². The molecule has 1 aliphatic heterocycles. The molecule has 0 bridgehead atoms. The van der Waals surface area contributed by atoms with E-state index in [9.17, 15) is 4.79 Å². The Morgan fingerprint density at radius 1 is 1.35 bits per heavy atom. The molecule has 120 valence electrons. The van der Waals surface area contributed by atoms with Crippen LogP contribution in [0.15, 0.2) is 36.8 Å². The Balaban J connectivity index is 1.62. The monoisotopic (exact) mass is 313 g/mol. The fraction of sp³-hybridized carbons (Fsp3) is 0.375. The number of likely N-dealkylation sites (tertiary alicyclic amines) is 1. The number of ether oxygens (including phenoxy) is 1. The second kappa shape index (κ2) is 6.60. The third kappa shape index (κ3) is 3.56. The van der Waals surface area contributed by atoms with Gasteiger partial charge in [-0.15, -0.1) is 0 Å². The summed E-state index contributed by atoms with van der Waals surface area (Å²) in [4.78, 5) is 28.6. The zero-order chi connectivity index (χ0) is 16.2. The number of nitrogens with zero attached hydrogens (tertiary/aromatic N) is 5. The quantitative estimate of drug-likeness (QED) is 0.845. The van der Waals surface area contributed by atoms with E-state index in [1.165, 1.54) is 0 Å². The summed E-state index contributed by atoms with van der Waals surface area (Å²) < 4.78 is 5.87. The molecule has 0 radical (unpaired) electrons. The minimum Gasteiger partial charge on any atom is -0.471 e. The molecule has 0 saturated carbocycles. The van der Waals surface area contributed by atoms with Gasteiger partial charge in [-0.05, 0) is 12.1 Å². The van der Waals surface area contributed by atoms with Crippen molar-refractivity contribution in [1.29, 1.82) is 0 Å². The molecule has 1 atom stereocenters. The van der Waals surface area contributed by atoms with Crippen LogP contribution in [-0.4, -0.2) is 59.0 Å². The molecular formula is C16H19N5O2. The van der Waals surface area contributed by atoms with Crippen LogP contribution in [0.1, 0.15) is 16.9 Å². The summed E-state index contributed by atoms with van der Waals surface area (Å²) in [6.07, 6.45) is 5.59. The first-order valence-electron chi connectivity index (χ1n) is 7.50. The van der Waals surface area contributed by atoms with Crippen LogP contribution in [-0.2, 0) is 0 Å². The number of hydrogen-bond acceptors (Lipinski definition) is 6. The largest absolute Gasteiger partial charge is 0.471 e. The van der Waals surface area contributed by atoms with E-state index in [2.05, 4.69) is 15.0 Å². The summed E-state index contributed by atoms with van der Waals surface area (Å²) in [6.45, 7) is 1.18. The number of carbonyl (C=O) groups is 1. The summed E-state index contributed by atoms with van der Waals surface area (Å²) in [5.41, 5.74) is 0.461. The van der Waals surface area contributed by atoms with Gasteiger partial charge >= 0.3 is 0 Å². The van der Waals surface area contributed by atoms with E-state index in [0.29, 0.717) is 24.7 Å². The highest BCUT2D eigenvalue weighted by Gasteiger charge is 2.29. The normalized spacial score (nSPS) is 17.1. The number of aromatic nitrogens is 3. The van der Waals surface area contributed by atoms with Crippen molar-refractivity contribution in [2.45, 2.75) is 12.5 Å². The zero-order valence-corrected chi connectivity index (χ0v) is 13.2. The predicted octanol–water partition coefficient (Wildman–Crippen LogP) is 1.23. The Kier molecular flexibility index (Phi) is 4.36. The van der Waals surface area contributed by atoms with Gasteiger partial charge in [0, 0.05) is 33.3 Å². The van der Waals surface area contributed by atoms with Crippen molar-refractivity contribution in [2.24, 2.45) is 0 Å². The highest BCUT2D eigenvalue weighted by molar-refractivity contribution is 5.92. The average molecular weight is 313 g/mol. The van der Waals surface area contributed by atoms with Gasteiger partial charge in [-0.25, -0.2) is 0 Å². The molecule has 0 N–H and O–H groups in total. The predicted molar refractivity (Wildman–Crippen MR) is 85.5 cm³/mol. The van der Waals surface area contributed by atoms with Crippen LogP contribution in [0, 0.1) is 0 Å². The Morgan fingerprint density at radius 3 is 2.96 bits per heavy atom. The molecule has 1 saturated heterocycles. The van der Waals surface area contributed by atoms with Crippen LogP contribution in [0.3, 0.4) is 0 Å². The van der Waals surface area contributed by atoms with Crippen molar-refractivity contribution >= 4 is 11.7 Å². The van der Waals surface area contributed by atoms with Crippen LogP contribution in [0.2, 0.25) is 0 Å².